The molecule has 2 amide bonds. The number of nitrogens with one attached hydrogen (secondary N) is 2. The van der Waals surface area contributed by atoms with Gasteiger partial charge in [-0.2, -0.15) is 0 Å². The highest BCUT2D eigenvalue weighted by molar-refractivity contribution is 5.88. The van der Waals surface area contributed by atoms with Gasteiger partial charge >= 0.3 is 12.1 Å². The number of aromatic nitrogens is 2. The van der Waals surface area contributed by atoms with Crippen LogP contribution in [0.4, 0.5) is 4.79 Å². The number of carboxylic acid groups (broad SMARTS) is 1. The van der Waals surface area contributed by atoms with Gasteiger partial charge in [0.1, 0.15) is 18.5 Å². The van der Waals surface area contributed by atoms with Gasteiger partial charge < -0.3 is 25.0 Å². The lowest BCUT2D eigenvalue weighted by Gasteiger charge is -2.37. The van der Waals surface area contributed by atoms with Crippen molar-refractivity contribution >= 4 is 18.0 Å². The molecule has 1 fully saturated rings. The molecule has 2 atom stereocenters. The van der Waals surface area contributed by atoms with Crippen molar-refractivity contribution in [3.05, 3.63) is 137 Å². The van der Waals surface area contributed by atoms with E-state index < -0.39 is 18.1 Å². The minimum atomic E-state index is -1.03. The molecule has 0 radical (unpaired) electrons. The number of ether oxygens (including phenoxy) is 1. The monoisotopic (exact) mass is 640 g/mol. The Bertz CT molecular complexity index is 1890. The molecule has 1 aromatic heterocycles. The predicted octanol–water partition coefficient (Wildman–Crippen LogP) is 6.98. The summed E-state index contributed by atoms with van der Waals surface area (Å²) in [6, 6.07) is 31.2. The van der Waals surface area contributed by atoms with E-state index in [9.17, 15) is 19.5 Å². The van der Waals surface area contributed by atoms with Gasteiger partial charge in [-0.05, 0) is 59.2 Å². The zero-order chi connectivity index (χ0) is 33.0. The summed E-state index contributed by atoms with van der Waals surface area (Å²) in [6.07, 6.45) is 3.85. The van der Waals surface area contributed by atoms with Crippen LogP contribution < -0.4 is 5.32 Å². The van der Waals surface area contributed by atoms with Crippen LogP contribution >= 0.6 is 0 Å². The fraction of sp³-hybridized carbons (Fsp3) is 0.231. The first kappa shape index (κ1) is 30.9. The fourth-order valence-corrected chi connectivity index (χ4v) is 6.95. The molecule has 48 heavy (non-hydrogen) atoms. The number of aromatic amines is 1. The van der Waals surface area contributed by atoms with Crippen LogP contribution in [0.3, 0.4) is 0 Å². The van der Waals surface area contributed by atoms with Gasteiger partial charge in [-0.25, -0.2) is 14.6 Å². The van der Waals surface area contributed by atoms with Crippen LogP contribution in [-0.2, 0) is 16.0 Å². The molecule has 2 heterocycles. The minimum absolute atomic E-state index is 0.120. The molecule has 9 nitrogen and oxygen atoms in total. The average Bonchev–Trinajstić information content (AvgIpc) is 3.74. The van der Waals surface area contributed by atoms with E-state index in [1.165, 1.54) is 12.1 Å². The number of imidazole rings is 1. The summed E-state index contributed by atoms with van der Waals surface area (Å²) in [5.74, 6) is -0.693. The first-order valence-electron chi connectivity index (χ1n) is 16.3. The van der Waals surface area contributed by atoms with Gasteiger partial charge in [0.05, 0.1) is 17.3 Å². The molecule has 0 spiro atoms. The lowest BCUT2D eigenvalue weighted by molar-refractivity contribution is -0.137. The van der Waals surface area contributed by atoms with Crippen molar-refractivity contribution < 1.29 is 24.2 Å². The fourth-order valence-electron chi connectivity index (χ4n) is 6.95. The van der Waals surface area contributed by atoms with E-state index in [1.807, 2.05) is 60.8 Å². The van der Waals surface area contributed by atoms with Crippen molar-refractivity contribution in [2.75, 3.05) is 13.2 Å². The van der Waals surface area contributed by atoms with E-state index in [0.29, 0.717) is 12.4 Å². The summed E-state index contributed by atoms with van der Waals surface area (Å²) in [6.45, 7) is 0.640. The van der Waals surface area contributed by atoms with E-state index in [4.69, 9.17) is 9.72 Å². The molecule has 2 aliphatic rings. The molecule has 0 saturated carbocycles. The average molecular weight is 641 g/mol. The Balaban J connectivity index is 1.11. The summed E-state index contributed by atoms with van der Waals surface area (Å²) >= 11 is 0. The molecule has 7 rings (SSSR count). The maximum Gasteiger partial charge on any atom is 0.407 e. The van der Waals surface area contributed by atoms with Crippen molar-refractivity contribution in [1.82, 2.24) is 20.2 Å². The Labute approximate surface area is 278 Å². The number of likely N-dealkylation sites (tertiary alicyclic amines) is 1. The zero-order valence-corrected chi connectivity index (χ0v) is 26.3. The van der Waals surface area contributed by atoms with E-state index in [1.54, 1.807) is 17.0 Å². The maximum absolute atomic E-state index is 14.4. The van der Waals surface area contributed by atoms with Crippen LogP contribution in [0.25, 0.3) is 22.4 Å². The summed E-state index contributed by atoms with van der Waals surface area (Å²) < 4.78 is 5.84. The zero-order valence-electron chi connectivity index (χ0n) is 26.3. The van der Waals surface area contributed by atoms with Crippen LogP contribution in [0.2, 0.25) is 0 Å². The third-order valence-electron chi connectivity index (χ3n) is 9.34. The number of carbonyl (C=O) groups excluding carboxylic acids is 2. The van der Waals surface area contributed by atoms with Gasteiger partial charge in [-0.15, -0.1) is 0 Å². The number of hydrogen-bond acceptors (Lipinski definition) is 5. The van der Waals surface area contributed by atoms with Crippen LogP contribution in [0.1, 0.15) is 64.1 Å². The van der Waals surface area contributed by atoms with E-state index >= 15 is 0 Å². The second-order valence-corrected chi connectivity index (χ2v) is 12.3. The maximum atomic E-state index is 14.4. The number of carboxylic acids is 1. The van der Waals surface area contributed by atoms with Crippen molar-refractivity contribution in [3.8, 4) is 22.4 Å². The molecule has 1 aliphatic carbocycles. The molecule has 5 aromatic rings. The van der Waals surface area contributed by atoms with Crippen LogP contribution in [0.5, 0.6) is 0 Å². The Kier molecular flexibility index (Phi) is 8.74. The molecule has 3 N–H and O–H groups in total. The highest BCUT2D eigenvalue weighted by atomic mass is 16.5. The predicted molar refractivity (Wildman–Crippen MR) is 181 cm³/mol. The number of alkyl carbamates (subject to hydrolysis) is 1. The van der Waals surface area contributed by atoms with Crippen molar-refractivity contribution in [2.24, 2.45) is 0 Å². The van der Waals surface area contributed by atoms with Gasteiger partial charge in [-0.1, -0.05) is 91.0 Å². The first-order valence-corrected chi connectivity index (χ1v) is 16.3. The largest absolute Gasteiger partial charge is 0.478 e. The van der Waals surface area contributed by atoms with Gasteiger partial charge in [0, 0.05) is 30.6 Å². The molecule has 9 heteroatoms. The number of amides is 2. The highest BCUT2D eigenvalue weighted by Gasteiger charge is 2.36. The Morgan fingerprint density at radius 2 is 1.54 bits per heavy atom. The standard InChI is InChI=1S/C39H36N4O5/c44-37(43-21-9-8-16-35(43)36-40-23-34(41-36)26-10-2-1-3-11-26)33(22-25-17-19-27(20-18-25)38(45)46)42-39(47)48-24-32-30-14-6-4-12-28(30)29-13-5-7-15-31(29)32/h1-7,10-15,17-20,23,32-33,35H,8-9,16,21-22,24H2,(H,40,41)(H,42,47)(H,45,46). The number of carbonyl (C=O) groups is 3. The molecular weight excluding hydrogens is 604 g/mol. The molecule has 4 aromatic carbocycles. The number of rotatable bonds is 9. The van der Waals surface area contributed by atoms with Gasteiger partial charge in [0.2, 0.25) is 5.91 Å². The van der Waals surface area contributed by atoms with E-state index in [-0.39, 0.29) is 36.5 Å². The Morgan fingerprint density at radius 1 is 0.875 bits per heavy atom. The van der Waals surface area contributed by atoms with Crippen LogP contribution in [0.15, 0.2) is 109 Å². The van der Waals surface area contributed by atoms with Crippen molar-refractivity contribution in [2.45, 2.75) is 43.7 Å². The quantitative estimate of drug-likeness (QED) is 0.160. The number of fused-ring (bicyclic) bond motifs is 3. The normalized spacial score (nSPS) is 16.1. The second kappa shape index (κ2) is 13.6. The number of benzene rings is 4. The molecular formula is C39H36N4O5. The molecule has 242 valence electrons. The van der Waals surface area contributed by atoms with E-state index in [0.717, 1.165) is 58.3 Å². The lowest BCUT2D eigenvalue weighted by Crippen LogP contribution is -2.52. The SMILES string of the molecule is O=C(NC(Cc1ccc(C(=O)O)cc1)C(=O)N1CCCCC1c1nc(-c2ccccc2)c[nH]1)OCC1c2ccccc2-c2ccccc21. The van der Waals surface area contributed by atoms with Crippen LogP contribution in [-0.4, -0.2) is 57.1 Å². The number of aromatic carboxylic acids is 1. The van der Waals surface area contributed by atoms with Gasteiger partial charge in [0.25, 0.3) is 0 Å². The number of piperidine rings is 1. The van der Waals surface area contributed by atoms with Crippen molar-refractivity contribution in [3.63, 3.8) is 0 Å². The minimum Gasteiger partial charge on any atom is -0.478 e. The second-order valence-electron chi connectivity index (χ2n) is 12.3. The number of hydrogen-bond donors (Lipinski definition) is 3. The third-order valence-corrected chi connectivity index (χ3v) is 9.34. The number of nitrogens with zero attached hydrogens (tertiary/aromatic N) is 2. The topological polar surface area (TPSA) is 125 Å². The van der Waals surface area contributed by atoms with Gasteiger partial charge in [-0.3, -0.25) is 4.79 Å². The Hall–Kier alpha value is -5.70. The van der Waals surface area contributed by atoms with Gasteiger partial charge in [0.15, 0.2) is 0 Å². The first-order chi connectivity index (χ1) is 23.5. The van der Waals surface area contributed by atoms with E-state index in [2.05, 4.69) is 34.6 Å². The summed E-state index contributed by atoms with van der Waals surface area (Å²) in [7, 11) is 0. The summed E-state index contributed by atoms with van der Waals surface area (Å²) in [5, 5.41) is 12.3. The number of H-pyrrole nitrogens is 1. The molecule has 2 unspecified atom stereocenters. The Morgan fingerprint density at radius 3 is 2.23 bits per heavy atom. The summed E-state index contributed by atoms with van der Waals surface area (Å²) in [4.78, 5) is 49.3. The summed E-state index contributed by atoms with van der Waals surface area (Å²) in [5.41, 5.74) is 7.10. The van der Waals surface area contributed by atoms with Crippen LogP contribution in [0, 0.1) is 0 Å². The molecule has 0 bridgehead atoms. The highest BCUT2D eigenvalue weighted by Crippen LogP contribution is 2.44. The lowest BCUT2D eigenvalue weighted by atomic mass is 9.97. The molecule has 1 aliphatic heterocycles. The smallest absolute Gasteiger partial charge is 0.407 e. The molecule has 1 saturated heterocycles. The third kappa shape index (κ3) is 6.31. The van der Waals surface area contributed by atoms with Crippen molar-refractivity contribution in [1.29, 1.82) is 0 Å².